The number of phosphoric acid groups is 2. The lowest BCUT2D eigenvalue weighted by Crippen LogP contribution is -2.36. The van der Waals surface area contributed by atoms with Crippen molar-refractivity contribution in [3.8, 4) is 0 Å². The summed E-state index contributed by atoms with van der Waals surface area (Å²) >= 11 is 0. The minimum atomic E-state index is -5.15. The van der Waals surface area contributed by atoms with E-state index in [1.54, 1.807) is 0 Å². The van der Waals surface area contributed by atoms with Crippen LogP contribution in [0.5, 0.6) is 0 Å². The smallest absolute Gasteiger partial charge is 0.386 e. The number of ether oxygens (including phenoxy) is 2. The second-order valence-corrected chi connectivity index (χ2v) is 13.1. The number of hydrogen-bond acceptors (Lipinski definition) is 18. The average molecular weight is 677 g/mol. The van der Waals surface area contributed by atoms with Gasteiger partial charge in [0.1, 0.15) is 60.0 Å². The number of aliphatic hydroxyl groups excluding tert-OH is 1. The highest BCUT2D eigenvalue weighted by Gasteiger charge is 2.54. The third-order valence-corrected chi connectivity index (χ3v) is 9.42. The molecule has 4 aliphatic rings. The summed E-state index contributed by atoms with van der Waals surface area (Å²) < 4.78 is 76.7. The SMILES string of the molecule is NC1=NC(N)c2ncn([C@@H]3O[C@@H]4COP(=O)(O)OC5[C@@H](COP(=O)(O)O[C@H]3C4F)O[C@@H](n3cnc4c(N)ncnc43)[C@H]5O)c2N1. The van der Waals surface area contributed by atoms with E-state index in [1.807, 2.05) is 0 Å². The van der Waals surface area contributed by atoms with E-state index in [0.717, 1.165) is 6.33 Å². The predicted molar refractivity (Wildman–Crippen MR) is 144 cm³/mol. The van der Waals surface area contributed by atoms with E-state index < -0.39 is 84.2 Å². The Hall–Kier alpha value is -3.18. The van der Waals surface area contributed by atoms with Crippen molar-refractivity contribution in [2.75, 3.05) is 24.3 Å². The maximum Gasteiger partial charge on any atom is 0.472 e. The first-order valence-electron chi connectivity index (χ1n) is 13.1. The Morgan fingerprint density at radius 3 is 2.36 bits per heavy atom. The van der Waals surface area contributed by atoms with Crippen LogP contribution in [0, 0.1) is 0 Å². The van der Waals surface area contributed by atoms with Crippen LogP contribution in [0.15, 0.2) is 24.0 Å². The predicted octanol–water partition coefficient (Wildman–Crippen LogP) is -1.49. The minimum Gasteiger partial charge on any atom is -0.386 e. The van der Waals surface area contributed by atoms with Crippen molar-refractivity contribution in [3.63, 3.8) is 0 Å². The molecule has 7 rings (SSSR count). The number of anilines is 2. The van der Waals surface area contributed by atoms with Crippen molar-refractivity contribution in [1.82, 2.24) is 29.1 Å². The fourth-order valence-electron chi connectivity index (χ4n) is 5.42. The molecule has 11 atom stereocenters. The molecule has 244 valence electrons. The topological polar surface area (TPSA) is 314 Å². The van der Waals surface area contributed by atoms with Crippen molar-refractivity contribution < 1.29 is 56.0 Å². The second kappa shape index (κ2) is 11.0. The van der Waals surface area contributed by atoms with Gasteiger partial charge in [0.15, 0.2) is 36.1 Å². The highest BCUT2D eigenvalue weighted by atomic mass is 31.2. The summed E-state index contributed by atoms with van der Waals surface area (Å²) in [4.78, 5) is 41.3. The number of nitrogens with one attached hydrogen (secondary N) is 1. The van der Waals surface area contributed by atoms with Crippen molar-refractivity contribution in [3.05, 3.63) is 24.7 Å². The van der Waals surface area contributed by atoms with Crippen molar-refractivity contribution in [2.45, 2.75) is 55.3 Å². The molecule has 25 heteroatoms. The average Bonchev–Trinajstić information content (AvgIpc) is 3.72. The van der Waals surface area contributed by atoms with Gasteiger partial charge >= 0.3 is 15.6 Å². The molecule has 3 fully saturated rings. The normalized spacial score (nSPS) is 40.5. The Bertz CT molecular complexity index is 1760. The first kappa shape index (κ1) is 30.5. The van der Waals surface area contributed by atoms with Gasteiger partial charge in [-0.15, -0.1) is 0 Å². The molecule has 0 spiro atoms. The van der Waals surface area contributed by atoms with Crippen LogP contribution in [0.3, 0.4) is 0 Å². The zero-order valence-corrected chi connectivity index (χ0v) is 24.4. The molecule has 3 aromatic rings. The van der Waals surface area contributed by atoms with E-state index in [4.69, 9.17) is 44.8 Å². The van der Waals surface area contributed by atoms with Gasteiger partial charge in [-0.3, -0.25) is 27.2 Å². The number of nitrogens with two attached hydrogens (primary N) is 3. The van der Waals surface area contributed by atoms with Crippen molar-refractivity contribution in [1.29, 1.82) is 0 Å². The van der Waals surface area contributed by atoms with Gasteiger partial charge in [0.2, 0.25) is 0 Å². The fraction of sp³-hybridized carbons (Fsp3) is 0.550. The van der Waals surface area contributed by atoms with Crippen LogP contribution < -0.4 is 22.5 Å². The van der Waals surface area contributed by atoms with Crippen LogP contribution in [0.2, 0.25) is 0 Å². The number of alkyl halides is 1. The van der Waals surface area contributed by atoms with Crippen molar-refractivity contribution >= 4 is 44.4 Å². The van der Waals surface area contributed by atoms with Gasteiger partial charge in [-0.25, -0.2) is 38.4 Å². The van der Waals surface area contributed by atoms with Crippen LogP contribution >= 0.6 is 15.6 Å². The van der Waals surface area contributed by atoms with Crippen LogP contribution in [0.1, 0.15) is 24.3 Å². The highest BCUT2D eigenvalue weighted by molar-refractivity contribution is 7.47. The lowest BCUT2D eigenvalue weighted by atomic mass is 10.1. The molecular formula is C20H26FN11O11P2. The number of rotatable bonds is 2. The fourth-order valence-corrected chi connectivity index (χ4v) is 7.31. The van der Waals surface area contributed by atoms with Gasteiger partial charge in [0.05, 0.1) is 25.9 Å². The summed E-state index contributed by atoms with van der Waals surface area (Å²) in [6.45, 7) is -1.74. The van der Waals surface area contributed by atoms with Gasteiger partial charge in [-0.2, -0.15) is 0 Å². The highest BCUT2D eigenvalue weighted by Crippen LogP contribution is 2.54. The zero-order chi connectivity index (χ0) is 31.8. The first-order chi connectivity index (χ1) is 21.3. The van der Waals surface area contributed by atoms with Gasteiger partial charge in [-0.05, 0) is 0 Å². The standard InChI is InChI=1S/C20H26FN11O11P2/c21-8-6-1-38-44(34,35)42-12-7(41-18(11(12)33)31-4-27-9-14(22)25-3-26-16(9)31)2-39-45(36,37)43-13(8)19(40-6)32-5-28-10-15(23)29-20(24)30-17(10)32/h3-8,11-13,15,18-19,33H,1-2,23H2,(H,34,35)(H,36,37)(H2,22,25,26)(H3,24,29,30)/t6-,7-,8?,11+,12?,13+,15?,18-,19-/m1/s1. The van der Waals surface area contributed by atoms with E-state index in [-0.39, 0.29) is 34.5 Å². The molecule has 45 heavy (non-hydrogen) atoms. The lowest BCUT2D eigenvalue weighted by Gasteiger charge is -2.27. The number of guanidine groups is 1. The molecule has 7 heterocycles. The molecule has 4 aliphatic heterocycles. The molecule has 22 nitrogen and oxygen atoms in total. The van der Waals surface area contributed by atoms with Crippen LogP contribution in [-0.4, -0.2) is 99.8 Å². The second-order valence-electron chi connectivity index (χ2n) is 10.3. The van der Waals surface area contributed by atoms with Crippen LogP contribution in [-0.2, 0) is 36.7 Å². The van der Waals surface area contributed by atoms with Gasteiger partial charge in [-0.1, -0.05) is 0 Å². The van der Waals surface area contributed by atoms with E-state index in [2.05, 4.69) is 30.2 Å². The molecule has 3 saturated heterocycles. The Balaban J connectivity index is 1.19. The molecule has 0 aromatic carbocycles. The third kappa shape index (κ3) is 5.39. The van der Waals surface area contributed by atoms with Gasteiger partial charge in [0.25, 0.3) is 0 Å². The molecule has 0 aliphatic carbocycles. The Morgan fingerprint density at radius 2 is 1.60 bits per heavy atom. The van der Waals surface area contributed by atoms with Gasteiger partial charge in [0, 0.05) is 0 Å². The number of aliphatic hydroxyl groups is 1. The summed E-state index contributed by atoms with van der Waals surface area (Å²) in [6.07, 6.45) is -10.9. The zero-order valence-electron chi connectivity index (χ0n) is 22.6. The minimum absolute atomic E-state index is 0.0350. The summed E-state index contributed by atoms with van der Waals surface area (Å²) in [6, 6.07) is 0. The quantitative estimate of drug-likeness (QED) is 0.152. The number of imidazole rings is 2. The molecule has 0 radical (unpaired) electrons. The third-order valence-electron chi connectivity index (χ3n) is 7.45. The number of hydrogen-bond donors (Lipinski definition) is 7. The maximum atomic E-state index is 15.8. The first-order valence-corrected chi connectivity index (χ1v) is 16.1. The number of fused-ring (bicyclic) bond motifs is 5. The Morgan fingerprint density at radius 1 is 0.933 bits per heavy atom. The number of aliphatic imine (C=N–C) groups is 1. The molecule has 2 bridgehead atoms. The number of halogens is 1. The Kier molecular flexibility index (Phi) is 7.43. The number of phosphoric ester groups is 2. The number of nitrogen functional groups attached to an aromatic ring is 1. The maximum absolute atomic E-state index is 15.8. The molecule has 0 amide bonds. The largest absolute Gasteiger partial charge is 0.472 e. The number of nitrogens with zero attached hydrogens (tertiary/aromatic N) is 7. The Labute approximate surface area is 250 Å². The molecule has 0 saturated carbocycles. The summed E-state index contributed by atoms with van der Waals surface area (Å²) in [5.74, 6) is 0.0779. The summed E-state index contributed by atoms with van der Waals surface area (Å²) in [5, 5.41) is 13.8. The van der Waals surface area contributed by atoms with E-state index in [0.29, 0.717) is 0 Å². The lowest BCUT2D eigenvalue weighted by molar-refractivity contribution is -0.0675. The summed E-state index contributed by atoms with van der Waals surface area (Å²) in [7, 11) is -10.2. The number of aromatic nitrogens is 6. The summed E-state index contributed by atoms with van der Waals surface area (Å²) in [5.41, 5.74) is 18.1. The monoisotopic (exact) mass is 677 g/mol. The van der Waals surface area contributed by atoms with Crippen molar-refractivity contribution in [2.24, 2.45) is 16.5 Å². The van der Waals surface area contributed by atoms with E-state index in [9.17, 15) is 24.0 Å². The van der Waals surface area contributed by atoms with Gasteiger partial charge < -0.3 is 46.9 Å². The van der Waals surface area contributed by atoms with Crippen LogP contribution in [0.4, 0.5) is 16.0 Å². The molecule has 5 unspecified atom stereocenters. The molecule has 3 aromatic heterocycles. The van der Waals surface area contributed by atoms with E-state index in [1.165, 1.54) is 21.8 Å². The van der Waals surface area contributed by atoms with Crippen LogP contribution in [0.25, 0.3) is 11.2 Å². The molecular weight excluding hydrogens is 651 g/mol. The van der Waals surface area contributed by atoms with E-state index >= 15 is 4.39 Å². The molecule has 10 N–H and O–H groups in total.